The number of para-hydroxylation sites is 1. The molecule has 0 saturated carbocycles. The Balaban J connectivity index is 1.07. The summed E-state index contributed by atoms with van der Waals surface area (Å²) in [5.74, 6) is 0. The minimum absolute atomic E-state index is 0.431. The van der Waals surface area contributed by atoms with Gasteiger partial charge in [-0.25, -0.2) is 0 Å². The standard InChI is InChI=1S/C55H33NS2/c1-2-16-37(17-3-1)56-49-29-28-35(34-14-12-15-36(30-34)38-20-13-21-41-40-19-5-9-25-51(40)58-54(38)41)31-43(49)44-32-42-39-18-4-6-22-45(39)55(48(42)33-50(44)56)46-23-7-10-26-52(46)57-53-27-11-8-24-47(53)55/h1-33H. The molecule has 1 aliphatic carbocycles. The Hall–Kier alpha value is -6.65. The van der Waals surface area contributed by atoms with Crippen molar-refractivity contribution >= 4 is 65.1 Å². The SMILES string of the molecule is c1ccc(-n2c3ccc(-c4cccc(-c5cccc6c5sc5ccccc56)c4)cc3c3cc4c(cc32)C2(c3ccccc3Sc3ccccc32)c2ccccc2-4)cc1. The maximum Gasteiger partial charge on any atom is 0.0736 e. The fraction of sp³-hybridized carbons (Fsp3) is 0.0182. The van der Waals surface area contributed by atoms with Gasteiger partial charge in [0.15, 0.2) is 0 Å². The molecule has 3 heteroatoms. The van der Waals surface area contributed by atoms with E-state index < -0.39 is 5.41 Å². The van der Waals surface area contributed by atoms with E-state index in [0.717, 1.165) is 5.69 Å². The number of nitrogens with zero attached hydrogens (tertiary/aromatic N) is 1. The topological polar surface area (TPSA) is 4.93 Å². The van der Waals surface area contributed by atoms with Gasteiger partial charge >= 0.3 is 0 Å². The van der Waals surface area contributed by atoms with Crippen LogP contribution in [-0.2, 0) is 5.41 Å². The second kappa shape index (κ2) is 12.2. The van der Waals surface area contributed by atoms with Crippen molar-refractivity contribution in [3.63, 3.8) is 0 Å². The van der Waals surface area contributed by atoms with Crippen LogP contribution in [0.3, 0.4) is 0 Å². The van der Waals surface area contributed by atoms with Crippen LogP contribution in [0.15, 0.2) is 210 Å². The smallest absolute Gasteiger partial charge is 0.0736 e. The van der Waals surface area contributed by atoms with E-state index in [2.05, 4.69) is 205 Å². The first-order valence-electron chi connectivity index (χ1n) is 19.9. The highest BCUT2D eigenvalue weighted by atomic mass is 32.2. The van der Waals surface area contributed by atoms with Crippen LogP contribution in [0.25, 0.3) is 81.0 Å². The van der Waals surface area contributed by atoms with E-state index in [1.165, 1.54) is 107 Å². The Bertz CT molecular complexity index is 3450. The lowest BCUT2D eigenvalue weighted by molar-refractivity contribution is 0.723. The second-order valence-corrected chi connectivity index (χ2v) is 17.7. The number of aromatic nitrogens is 1. The molecule has 1 spiro atoms. The molecule has 0 atom stereocenters. The van der Waals surface area contributed by atoms with E-state index in [1.54, 1.807) is 0 Å². The molecule has 13 rings (SSSR count). The monoisotopic (exact) mass is 771 g/mol. The first kappa shape index (κ1) is 32.4. The second-order valence-electron chi connectivity index (χ2n) is 15.6. The third kappa shape index (κ3) is 4.38. The van der Waals surface area contributed by atoms with Crippen LogP contribution in [0.2, 0.25) is 0 Å². The van der Waals surface area contributed by atoms with Gasteiger partial charge in [-0.15, -0.1) is 11.3 Å². The van der Waals surface area contributed by atoms with Crippen LogP contribution < -0.4 is 0 Å². The van der Waals surface area contributed by atoms with Crippen molar-refractivity contribution in [2.45, 2.75) is 15.2 Å². The number of hydrogen-bond acceptors (Lipinski definition) is 2. The van der Waals surface area contributed by atoms with Gasteiger partial charge in [0, 0.05) is 46.4 Å². The largest absolute Gasteiger partial charge is 0.309 e. The molecule has 0 N–H and O–H groups in total. The summed E-state index contributed by atoms with van der Waals surface area (Å²) in [6.07, 6.45) is 0. The summed E-state index contributed by atoms with van der Waals surface area (Å²) in [6, 6.07) is 74.9. The molecule has 0 radical (unpaired) electrons. The average molecular weight is 772 g/mol. The molecule has 1 aliphatic heterocycles. The Kier molecular flexibility index (Phi) is 6.81. The molecule has 0 amide bonds. The van der Waals surface area contributed by atoms with Crippen LogP contribution in [0.5, 0.6) is 0 Å². The molecule has 58 heavy (non-hydrogen) atoms. The molecule has 9 aromatic carbocycles. The van der Waals surface area contributed by atoms with E-state index in [4.69, 9.17) is 0 Å². The zero-order valence-electron chi connectivity index (χ0n) is 31.3. The molecule has 11 aromatic rings. The fourth-order valence-corrected chi connectivity index (χ4v) is 12.7. The molecular weight excluding hydrogens is 739 g/mol. The zero-order chi connectivity index (χ0) is 38.0. The van der Waals surface area contributed by atoms with Crippen molar-refractivity contribution in [2.24, 2.45) is 0 Å². The molecule has 0 saturated heterocycles. The summed E-state index contributed by atoms with van der Waals surface area (Å²) in [6.45, 7) is 0. The van der Waals surface area contributed by atoms with Crippen molar-refractivity contribution in [1.82, 2.24) is 4.57 Å². The molecule has 2 aliphatic rings. The Labute approximate surface area is 344 Å². The lowest BCUT2D eigenvalue weighted by Gasteiger charge is -2.39. The van der Waals surface area contributed by atoms with Gasteiger partial charge in [-0.05, 0) is 116 Å². The highest BCUT2D eigenvalue weighted by molar-refractivity contribution is 7.99. The van der Waals surface area contributed by atoms with Crippen molar-refractivity contribution < 1.29 is 0 Å². The fourth-order valence-electron chi connectivity index (χ4n) is 10.2. The summed E-state index contributed by atoms with van der Waals surface area (Å²) < 4.78 is 5.16. The summed E-state index contributed by atoms with van der Waals surface area (Å²) in [5, 5.41) is 5.18. The minimum atomic E-state index is -0.431. The van der Waals surface area contributed by atoms with Crippen LogP contribution >= 0.6 is 23.1 Å². The number of benzene rings is 9. The summed E-state index contributed by atoms with van der Waals surface area (Å²) >= 11 is 3.79. The van der Waals surface area contributed by atoms with Crippen LogP contribution in [-0.4, -0.2) is 4.57 Å². The van der Waals surface area contributed by atoms with Crippen LogP contribution in [0, 0.1) is 0 Å². The van der Waals surface area contributed by atoms with Gasteiger partial charge in [0.25, 0.3) is 0 Å². The summed E-state index contributed by atoms with van der Waals surface area (Å²) in [5.41, 5.74) is 16.2. The zero-order valence-corrected chi connectivity index (χ0v) is 32.9. The first-order chi connectivity index (χ1) is 28.8. The lowest BCUT2D eigenvalue weighted by atomic mass is 9.67. The number of thiophene rings is 1. The molecular formula is C55H33NS2. The van der Waals surface area contributed by atoms with Crippen molar-refractivity contribution in [2.75, 3.05) is 0 Å². The molecule has 0 bridgehead atoms. The van der Waals surface area contributed by atoms with Gasteiger partial charge in [-0.2, -0.15) is 0 Å². The maximum atomic E-state index is 2.53. The van der Waals surface area contributed by atoms with Crippen molar-refractivity contribution in [3.05, 3.63) is 222 Å². The van der Waals surface area contributed by atoms with Gasteiger partial charge in [0.1, 0.15) is 0 Å². The highest BCUT2D eigenvalue weighted by Gasteiger charge is 2.50. The molecule has 270 valence electrons. The Morgan fingerprint density at radius 1 is 0.362 bits per heavy atom. The number of hydrogen-bond donors (Lipinski definition) is 0. The van der Waals surface area contributed by atoms with Gasteiger partial charge in [-0.1, -0.05) is 151 Å². The summed E-state index contributed by atoms with van der Waals surface area (Å²) in [7, 11) is 0. The van der Waals surface area contributed by atoms with E-state index in [0.29, 0.717) is 0 Å². The van der Waals surface area contributed by atoms with Crippen molar-refractivity contribution in [3.8, 4) is 39.1 Å². The molecule has 0 unspecified atom stereocenters. The van der Waals surface area contributed by atoms with E-state index in [1.807, 2.05) is 23.1 Å². The van der Waals surface area contributed by atoms with E-state index in [-0.39, 0.29) is 0 Å². The van der Waals surface area contributed by atoms with E-state index in [9.17, 15) is 0 Å². The van der Waals surface area contributed by atoms with E-state index >= 15 is 0 Å². The molecule has 1 nitrogen and oxygen atoms in total. The predicted molar refractivity (Wildman–Crippen MR) is 246 cm³/mol. The summed E-state index contributed by atoms with van der Waals surface area (Å²) in [4.78, 5) is 2.64. The normalized spacial score (nSPS) is 13.6. The Morgan fingerprint density at radius 3 is 1.84 bits per heavy atom. The Morgan fingerprint density at radius 2 is 1.00 bits per heavy atom. The van der Waals surface area contributed by atoms with Gasteiger partial charge < -0.3 is 4.57 Å². The van der Waals surface area contributed by atoms with Gasteiger partial charge in [0.05, 0.1) is 16.4 Å². The maximum absolute atomic E-state index is 2.53. The van der Waals surface area contributed by atoms with Gasteiger partial charge in [-0.3, -0.25) is 0 Å². The number of rotatable bonds is 3. The first-order valence-corrected chi connectivity index (χ1v) is 21.5. The molecule has 0 fully saturated rings. The van der Waals surface area contributed by atoms with Gasteiger partial charge in [0.2, 0.25) is 0 Å². The average Bonchev–Trinajstić information content (AvgIpc) is 3.92. The molecule has 3 heterocycles. The third-order valence-electron chi connectivity index (χ3n) is 12.7. The minimum Gasteiger partial charge on any atom is -0.309 e. The quantitative estimate of drug-likeness (QED) is 0.173. The lowest BCUT2D eigenvalue weighted by Crippen LogP contribution is -2.31. The predicted octanol–water partition coefficient (Wildman–Crippen LogP) is 15.3. The number of fused-ring (bicyclic) bond motifs is 15. The molecule has 2 aromatic heterocycles. The van der Waals surface area contributed by atoms with Crippen LogP contribution in [0.1, 0.15) is 22.3 Å². The third-order valence-corrected chi connectivity index (χ3v) is 15.0. The van der Waals surface area contributed by atoms with Crippen molar-refractivity contribution in [1.29, 1.82) is 0 Å². The highest BCUT2D eigenvalue weighted by Crippen LogP contribution is 2.63. The van der Waals surface area contributed by atoms with Crippen LogP contribution in [0.4, 0.5) is 0 Å².